The van der Waals surface area contributed by atoms with Crippen molar-refractivity contribution in [1.82, 2.24) is 5.32 Å². The second-order valence-corrected chi connectivity index (χ2v) is 4.86. The molecule has 98 valence electrons. The molecule has 2 atom stereocenters. The van der Waals surface area contributed by atoms with Crippen molar-refractivity contribution in [1.29, 1.82) is 0 Å². The molecule has 0 saturated heterocycles. The fourth-order valence-corrected chi connectivity index (χ4v) is 2.09. The molecule has 0 heterocycles. The summed E-state index contributed by atoms with van der Waals surface area (Å²) in [5.74, 6) is 0.580. The van der Waals surface area contributed by atoms with Gasteiger partial charge >= 0.3 is 0 Å². The van der Waals surface area contributed by atoms with Crippen LogP contribution in [0.25, 0.3) is 0 Å². The van der Waals surface area contributed by atoms with Crippen LogP contribution in [0, 0.1) is 5.82 Å². The lowest BCUT2D eigenvalue weighted by Gasteiger charge is -2.03. The van der Waals surface area contributed by atoms with Gasteiger partial charge in [0, 0.05) is 12.0 Å². The first-order valence-corrected chi connectivity index (χ1v) is 6.08. The Labute approximate surface area is 123 Å². The Morgan fingerprint density at radius 1 is 1.33 bits per heavy atom. The molecule has 18 heavy (non-hydrogen) atoms. The Morgan fingerprint density at radius 2 is 2.06 bits per heavy atom. The lowest BCUT2D eigenvalue weighted by atomic mass is 10.1. The summed E-state index contributed by atoms with van der Waals surface area (Å²) in [4.78, 5) is 4.38. The molecule has 2 aliphatic rings. The first kappa shape index (κ1) is 13.6. The maximum atomic E-state index is 13.5. The molecule has 0 radical (unpaired) electrons. The highest BCUT2D eigenvalue weighted by molar-refractivity contribution is 14.0. The Kier molecular flexibility index (Phi) is 4.09. The van der Waals surface area contributed by atoms with Gasteiger partial charge in [0.15, 0.2) is 5.96 Å². The van der Waals surface area contributed by atoms with Crippen LogP contribution in [0.3, 0.4) is 0 Å². The molecule has 1 aromatic rings. The van der Waals surface area contributed by atoms with Crippen LogP contribution in [0.15, 0.2) is 29.3 Å². The smallest absolute Gasteiger partial charge is 0.189 e. The highest BCUT2D eigenvalue weighted by atomic mass is 127. The fraction of sp³-hybridized carbons (Fsp3) is 0.462. The standard InChI is InChI=1S/C13H16FN3.HI/c14-11-4-2-1-3-9(11)10-7-12(10)17-13(15)16-8-5-6-8;/h1-4,8,10,12H,5-7H2,(H3,15,16,17);1H. The fourth-order valence-electron chi connectivity index (χ4n) is 2.09. The Balaban J connectivity index is 0.00000120. The summed E-state index contributed by atoms with van der Waals surface area (Å²) >= 11 is 0. The number of halogens is 2. The number of hydrogen-bond donors (Lipinski definition) is 2. The van der Waals surface area contributed by atoms with Gasteiger partial charge in [-0.05, 0) is 30.9 Å². The molecule has 0 amide bonds. The van der Waals surface area contributed by atoms with Crippen LogP contribution in [0.5, 0.6) is 0 Å². The third-order valence-electron chi connectivity index (χ3n) is 3.30. The average molecular weight is 361 g/mol. The zero-order valence-corrected chi connectivity index (χ0v) is 12.3. The van der Waals surface area contributed by atoms with Gasteiger partial charge in [-0.15, -0.1) is 24.0 Å². The van der Waals surface area contributed by atoms with Gasteiger partial charge in [0.05, 0.1) is 6.04 Å². The van der Waals surface area contributed by atoms with E-state index in [0.29, 0.717) is 12.0 Å². The number of nitrogens with zero attached hydrogens (tertiary/aromatic N) is 1. The maximum absolute atomic E-state index is 13.5. The van der Waals surface area contributed by atoms with Crippen LogP contribution in [0.1, 0.15) is 30.7 Å². The van der Waals surface area contributed by atoms with Crippen molar-refractivity contribution in [3.63, 3.8) is 0 Å². The highest BCUT2D eigenvalue weighted by Gasteiger charge is 2.40. The van der Waals surface area contributed by atoms with Crippen LogP contribution in [-0.2, 0) is 0 Å². The summed E-state index contributed by atoms with van der Waals surface area (Å²) < 4.78 is 13.5. The molecule has 5 heteroatoms. The molecule has 3 N–H and O–H groups in total. The predicted molar refractivity (Wildman–Crippen MR) is 80.7 cm³/mol. The van der Waals surface area contributed by atoms with Crippen molar-refractivity contribution in [2.75, 3.05) is 0 Å². The topological polar surface area (TPSA) is 50.4 Å². The number of nitrogens with two attached hydrogens (primary N) is 1. The van der Waals surface area contributed by atoms with Crippen molar-refractivity contribution >= 4 is 29.9 Å². The van der Waals surface area contributed by atoms with Crippen LogP contribution in [0.4, 0.5) is 4.39 Å². The van der Waals surface area contributed by atoms with E-state index in [2.05, 4.69) is 10.3 Å². The molecular weight excluding hydrogens is 344 g/mol. The van der Waals surface area contributed by atoms with Gasteiger partial charge in [0.25, 0.3) is 0 Å². The van der Waals surface area contributed by atoms with Crippen LogP contribution >= 0.6 is 24.0 Å². The quantitative estimate of drug-likeness (QED) is 0.494. The van der Waals surface area contributed by atoms with E-state index in [1.54, 1.807) is 6.07 Å². The number of guanidine groups is 1. The van der Waals surface area contributed by atoms with E-state index in [0.717, 1.165) is 12.0 Å². The molecule has 1 aromatic carbocycles. The van der Waals surface area contributed by atoms with E-state index in [-0.39, 0.29) is 41.8 Å². The second kappa shape index (κ2) is 5.42. The van der Waals surface area contributed by atoms with Crippen molar-refractivity contribution in [2.24, 2.45) is 10.7 Å². The lowest BCUT2D eigenvalue weighted by Crippen LogP contribution is -2.33. The molecule has 0 spiro atoms. The first-order valence-electron chi connectivity index (χ1n) is 6.08. The lowest BCUT2D eigenvalue weighted by molar-refractivity contribution is 0.609. The van der Waals surface area contributed by atoms with E-state index in [9.17, 15) is 4.39 Å². The van der Waals surface area contributed by atoms with Gasteiger partial charge in [-0.25, -0.2) is 9.38 Å². The van der Waals surface area contributed by atoms with E-state index in [4.69, 9.17) is 5.73 Å². The van der Waals surface area contributed by atoms with Crippen LogP contribution in [0.2, 0.25) is 0 Å². The van der Waals surface area contributed by atoms with Crippen molar-refractivity contribution in [3.05, 3.63) is 35.6 Å². The predicted octanol–water partition coefficient (Wildman–Crippen LogP) is 2.37. The highest BCUT2D eigenvalue weighted by Crippen LogP contribution is 2.44. The monoisotopic (exact) mass is 361 g/mol. The van der Waals surface area contributed by atoms with Crippen LogP contribution < -0.4 is 11.1 Å². The van der Waals surface area contributed by atoms with Gasteiger partial charge in [-0.1, -0.05) is 18.2 Å². The molecule has 2 fully saturated rings. The summed E-state index contributed by atoms with van der Waals surface area (Å²) in [5.41, 5.74) is 6.54. The summed E-state index contributed by atoms with van der Waals surface area (Å²) in [7, 11) is 0. The molecule has 2 saturated carbocycles. The minimum absolute atomic E-state index is 0. The Bertz CT molecular complexity index is 459. The number of nitrogens with one attached hydrogen (secondary N) is 1. The van der Waals surface area contributed by atoms with Gasteiger partial charge < -0.3 is 11.1 Å². The summed E-state index contributed by atoms with van der Waals surface area (Å²) in [6, 6.07) is 7.58. The van der Waals surface area contributed by atoms with Crippen LogP contribution in [-0.4, -0.2) is 18.0 Å². The largest absolute Gasteiger partial charge is 0.370 e. The van der Waals surface area contributed by atoms with E-state index < -0.39 is 0 Å². The Hall–Kier alpha value is -0.850. The van der Waals surface area contributed by atoms with Crippen molar-refractivity contribution in [2.45, 2.75) is 37.3 Å². The zero-order valence-electron chi connectivity index (χ0n) is 9.97. The number of aliphatic imine (C=N–C) groups is 1. The number of benzene rings is 1. The zero-order chi connectivity index (χ0) is 11.8. The van der Waals surface area contributed by atoms with Gasteiger partial charge in [-0.2, -0.15) is 0 Å². The molecule has 2 unspecified atom stereocenters. The molecule has 3 nitrogen and oxygen atoms in total. The van der Waals surface area contributed by atoms with E-state index >= 15 is 0 Å². The molecule has 0 aliphatic heterocycles. The van der Waals surface area contributed by atoms with Crippen molar-refractivity contribution < 1.29 is 4.39 Å². The van der Waals surface area contributed by atoms with Gasteiger partial charge in [0.1, 0.15) is 5.82 Å². The summed E-state index contributed by atoms with van der Waals surface area (Å²) in [6.45, 7) is 0. The van der Waals surface area contributed by atoms with E-state index in [1.807, 2.05) is 12.1 Å². The minimum Gasteiger partial charge on any atom is -0.370 e. The molecule has 0 bridgehead atoms. The first-order chi connectivity index (χ1) is 8.24. The molecule has 3 rings (SSSR count). The molecule has 0 aromatic heterocycles. The molecule has 2 aliphatic carbocycles. The Morgan fingerprint density at radius 3 is 2.72 bits per heavy atom. The second-order valence-electron chi connectivity index (χ2n) is 4.86. The van der Waals surface area contributed by atoms with Gasteiger partial charge in [0.2, 0.25) is 0 Å². The summed E-state index contributed by atoms with van der Waals surface area (Å²) in [5, 5.41) is 3.15. The normalized spacial score (nSPS) is 26.4. The SMILES string of the molecule is I.NC(=NC1CC1c1ccccc1F)NC1CC1. The average Bonchev–Trinajstić information content (AvgIpc) is 3.17. The third kappa shape index (κ3) is 3.13. The van der Waals surface area contributed by atoms with E-state index in [1.165, 1.54) is 18.9 Å². The maximum Gasteiger partial charge on any atom is 0.189 e. The number of rotatable bonds is 3. The third-order valence-corrected chi connectivity index (χ3v) is 3.30. The molecular formula is C13H17FIN3. The minimum atomic E-state index is -0.135. The van der Waals surface area contributed by atoms with Gasteiger partial charge in [-0.3, -0.25) is 0 Å². The van der Waals surface area contributed by atoms with Crippen molar-refractivity contribution in [3.8, 4) is 0 Å². The summed E-state index contributed by atoms with van der Waals surface area (Å²) in [6.07, 6.45) is 3.25. The number of hydrogen-bond acceptors (Lipinski definition) is 1.